The number of para-hydroxylation sites is 2. The maximum atomic E-state index is 12.5. The second-order valence-corrected chi connectivity index (χ2v) is 8.54. The van der Waals surface area contributed by atoms with E-state index < -0.39 is 0 Å². The molecule has 2 heterocycles. The van der Waals surface area contributed by atoms with E-state index in [0.29, 0.717) is 11.7 Å². The van der Waals surface area contributed by atoms with Crippen LogP contribution in [0, 0.1) is 0 Å². The van der Waals surface area contributed by atoms with Gasteiger partial charge in [0.05, 0.1) is 5.75 Å². The van der Waals surface area contributed by atoms with Crippen LogP contribution in [0.3, 0.4) is 0 Å². The SMILES string of the molecule is O=C(CSc1nnc(-c2c[nH]c3ccccc23)n1-c1ccccc1)NCCc1ccccc1. The van der Waals surface area contributed by atoms with Gasteiger partial charge in [0, 0.05) is 34.9 Å². The van der Waals surface area contributed by atoms with E-state index in [0.717, 1.165) is 34.4 Å². The fourth-order valence-electron chi connectivity index (χ4n) is 3.78. The summed E-state index contributed by atoms with van der Waals surface area (Å²) in [5.74, 6) is 0.992. The molecule has 0 spiro atoms. The summed E-state index contributed by atoms with van der Waals surface area (Å²) in [5.41, 5.74) is 4.18. The second kappa shape index (κ2) is 9.75. The minimum Gasteiger partial charge on any atom is -0.360 e. The molecule has 2 aromatic heterocycles. The molecule has 5 aromatic rings. The van der Waals surface area contributed by atoms with E-state index in [4.69, 9.17) is 0 Å². The minimum atomic E-state index is -0.0211. The zero-order valence-corrected chi connectivity index (χ0v) is 18.8. The number of H-pyrrole nitrogens is 1. The molecule has 0 aliphatic rings. The highest BCUT2D eigenvalue weighted by molar-refractivity contribution is 7.99. The fraction of sp³-hybridized carbons (Fsp3) is 0.115. The lowest BCUT2D eigenvalue weighted by Crippen LogP contribution is -2.27. The predicted molar refractivity (Wildman–Crippen MR) is 133 cm³/mol. The Bertz CT molecular complexity index is 1360. The van der Waals surface area contributed by atoms with Crippen molar-refractivity contribution in [2.45, 2.75) is 11.6 Å². The number of nitrogens with zero attached hydrogens (tertiary/aromatic N) is 3. The average molecular weight is 454 g/mol. The van der Waals surface area contributed by atoms with E-state index in [-0.39, 0.29) is 11.7 Å². The van der Waals surface area contributed by atoms with Crippen LogP contribution in [0.25, 0.3) is 28.0 Å². The summed E-state index contributed by atoms with van der Waals surface area (Å²) in [7, 11) is 0. The van der Waals surface area contributed by atoms with Crippen LogP contribution in [0.15, 0.2) is 96.3 Å². The number of hydrogen-bond acceptors (Lipinski definition) is 4. The third kappa shape index (κ3) is 4.68. The van der Waals surface area contributed by atoms with Gasteiger partial charge in [0.15, 0.2) is 11.0 Å². The van der Waals surface area contributed by atoms with Crippen LogP contribution in [0.5, 0.6) is 0 Å². The number of rotatable bonds is 8. The molecule has 7 heteroatoms. The Morgan fingerprint density at radius 1 is 0.909 bits per heavy atom. The summed E-state index contributed by atoms with van der Waals surface area (Å²) >= 11 is 1.39. The standard InChI is InChI=1S/C26H23N5OS/c32-24(27-16-15-19-9-3-1-4-10-19)18-33-26-30-29-25(31(26)20-11-5-2-6-12-20)22-17-28-23-14-8-7-13-21(22)23/h1-14,17,28H,15-16,18H2,(H,27,32). The van der Waals surface area contributed by atoms with Gasteiger partial charge in [0.2, 0.25) is 5.91 Å². The molecule has 0 unspecified atom stereocenters. The number of fused-ring (bicyclic) bond motifs is 1. The van der Waals surface area contributed by atoms with Gasteiger partial charge in [-0.25, -0.2) is 0 Å². The van der Waals surface area contributed by atoms with E-state index in [1.54, 1.807) is 0 Å². The first-order valence-corrected chi connectivity index (χ1v) is 11.8. The molecular formula is C26H23N5OS. The van der Waals surface area contributed by atoms with E-state index in [2.05, 4.69) is 38.7 Å². The molecular weight excluding hydrogens is 430 g/mol. The van der Waals surface area contributed by atoms with Gasteiger partial charge in [-0.15, -0.1) is 10.2 Å². The summed E-state index contributed by atoms with van der Waals surface area (Å²) in [6.07, 6.45) is 2.76. The summed E-state index contributed by atoms with van der Waals surface area (Å²) in [4.78, 5) is 15.8. The third-order valence-corrected chi connectivity index (χ3v) is 6.32. The molecule has 0 saturated heterocycles. The molecule has 33 heavy (non-hydrogen) atoms. The molecule has 1 amide bonds. The molecule has 0 bridgehead atoms. The Labute approximate surface area is 196 Å². The molecule has 0 radical (unpaired) electrons. The Morgan fingerprint density at radius 3 is 2.45 bits per heavy atom. The number of aromatic amines is 1. The molecule has 6 nitrogen and oxygen atoms in total. The number of aromatic nitrogens is 4. The van der Waals surface area contributed by atoms with Crippen molar-refractivity contribution in [2.75, 3.05) is 12.3 Å². The van der Waals surface area contributed by atoms with Crippen LogP contribution in [-0.4, -0.2) is 38.0 Å². The number of thioether (sulfide) groups is 1. The highest BCUT2D eigenvalue weighted by Crippen LogP contribution is 2.32. The van der Waals surface area contributed by atoms with E-state index in [1.807, 2.05) is 77.5 Å². The summed E-state index contributed by atoms with van der Waals surface area (Å²) in [5, 5.41) is 13.7. The number of hydrogen-bond donors (Lipinski definition) is 2. The van der Waals surface area contributed by atoms with Crippen molar-refractivity contribution in [3.05, 3.63) is 96.7 Å². The average Bonchev–Trinajstić information content (AvgIpc) is 3.48. The van der Waals surface area contributed by atoms with Crippen LogP contribution < -0.4 is 5.32 Å². The van der Waals surface area contributed by atoms with Crippen molar-refractivity contribution in [3.63, 3.8) is 0 Å². The third-order valence-electron chi connectivity index (χ3n) is 5.39. The topological polar surface area (TPSA) is 75.6 Å². The Morgan fingerprint density at radius 2 is 1.64 bits per heavy atom. The molecule has 0 fully saturated rings. The summed E-state index contributed by atoms with van der Waals surface area (Å²) in [6, 6.07) is 28.2. The number of nitrogens with one attached hydrogen (secondary N) is 2. The van der Waals surface area contributed by atoms with Crippen molar-refractivity contribution < 1.29 is 4.79 Å². The lowest BCUT2D eigenvalue weighted by Gasteiger charge is -2.10. The molecule has 5 rings (SSSR count). The number of carbonyl (C=O) groups is 1. The molecule has 3 aromatic carbocycles. The maximum Gasteiger partial charge on any atom is 0.230 e. The lowest BCUT2D eigenvalue weighted by molar-refractivity contribution is -0.118. The van der Waals surface area contributed by atoms with E-state index in [1.165, 1.54) is 17.3 Å². The largest absolute Gasteiger partial charge is 0.360 e. The van der Waals surface area contributed by atoms with Gasteiger partial charge < -0.3 is 10.3 Å². The smallest absolute Gasteiger partial charge is 0.230 e. The number of benzene rings is 3. The summed E-state index contributed by atoms with van der Waals surface area (Å²) in [6.45, 7) is 0.607. The van der Waals surface area contributed by atoms with Crippen LogP contribution in [0.4, 0.5) is 0 Å². The van der Waals surface area contributed by atoms with Crippen LogP contribution in [-0.2, 0) is 11.2 Å². The predicted octanol–water partition coefficient (Wildman–Crippen LogP) is 4.87. The van der Waals surface area contributed by atoms with Crippen LogP contribution in [0.2, 0.25) is 0 Å². The molecule has 0 aliphatic heterocycles. The fourth-order valence-corrected chi connectivity index (χ4v) is 4.56. The second-order valence-electron chi connectivity index (χ2n) is 7.60. The monoisotopic (exact) mass is 453 g/mol. The van der Waals surface area contributed by atoms with Gasteiger partial charge in [-0.05, 0) is 30.2 Å². The van der Waals surface area contributed by atoms with Crippen LogP contribution >= 0.6 is 11.8 Å². The number of amides is 1. The molecule has 164 valence electrons. The zero-order chi connectivity index (χ0) is 22.5. The Balaban J connectivity index is 1.35. The Hall–Kier alpha value is -3.84. The molecule has 0 aliphatic carbocycles. The van der Waals surface area contributed by atoms with Crippen molar-refractivity contribution in [2.24, 2.45) is 0 Å². The van der Waals surface area contributed by atoms with E-state index >= 15 is 0 Å². The van der Waals surface area contributed by atoms with Gasteiger partial charge in [0.1, 0.15) is 0 Å². The van der Waals surface area contributed by atoms with Gasteiger partial charge in [-0.1, -0.05) is 78.5 Å². The van der Waals surface area contributed by atoms with Gasteiger partial charge in [-0.2, -0.15) is 0 Å². The van der Waals surface area contributed by atoms with Gasteiger partial charge >= 0.3 is 0 Å². The van der Waals surface area contributed by atoms with Crippen molar-refractivity contribution in [3.8, 4) is 17.1 Å². The molecule has 0 atom stereocenters. The van der Waals surface area contributed by atoms with Crippen molar-refractivity contribution in [1.29, 1.82) is 0 Å². The number of carbonyl (C=O) groups excluding carboxylic acids is 1. The molecule has 2 N–H and O–H groups in total. The van der Waals surface area contributed by atoms with Crippen molar-refractivity contribution in [1.82, 2.24) is 25.1 Å². The normalized spacial score (nSPS) is 11.0. The van der Waals surface area contributed by atoms with Gasteiger partial charge in [-0.3, -0.25) is 9.36 Å². The Kier molecular flexibility index (Phi) is 6.21. The van der Waals surface area contributed by atoms with Crippen molar-refractivity contribution >= 4 is 28.6 Å². The molecule has 0 saturated carbocycles. The zero-order valence-electron chi connectivity index (χ0n) is 17.9. The first kappa shape index (κ1) is 21.0. The first-order valence-electron chi connectivity index (χ1n) is 10.8. The van der Waals surface area contributed by atoms with Crippen LogP contribution in [0.1, 0.15) is 5.56 Å². The highest BCUT2D eigenvalue weighted by atomic mass is 32.2. The lowest BCUT2D eigenvalue weighted by atomic mass is 10.1. The van der Waals surface area contributed by atoms with E-state index in [9.17, 15) is 4.79 Å². The quantitative estimate of drug-likeness (QED) is 0.329. The first-order chi connectivity index (χ1) is 16.3. The van der Waals surface area contributed by atoms with Gasteiger partial charge in [0.25, 0.3) is 0 Å². The maximum absolute atomic E-state index is 12.5. The minimum absolute atomic E-state index is 0.0211. The highest BCUT2D eigenvalue weighted by Gasteiger charge is 2.19. The summed E-state index contributed by atoms with van der Waals surface area (Å²) < 4.78 is 2.01.